The van der Waals surface area contributed by atoms with Crippen molar-refractivity contribution in [3.8, 4) is 5.69 Å². The van der Waals surface area contributed by atoms with Crippen LogP contribution >= 0.6 is 15.9 Å². The summed E-state index contributed by atoms with van der Waals surface area (Å²) in [5.41, 5.74) is 7.39. The summed E-state index contributed by atoms with van der Waals surface area (Å²) in [6, 6.07) is 19.3. The van der Waals surface area contributed by atoms with Gasteiger partial charge in [0.25, 0.3) is 5.91 Å². The van der Waals surface area contributed by atoms with Crippen molar-refractivity contribution in [2.45, 2.75) is 13.8 Å². The Balaban J connectivity index is 1.68. The van der Waals surface area contributed by atoms with Gasteiger partial charge in [-0.25, -0.2) is 5.43 Å². The lowest BCUT2D eigenvalue weighted by Gasteiger charge is -2.10. The number of carbonyl (C=O) groups excluding carboxylic acids is 1. The van der Waals surface area contributed by atoms with E-state index in [0.717, 1.165) is 27.1 Å². The second-order valence-electron chi connectivity index (χ2n) is 5.75. The topological polar surface area (TPSA) is 46.4 Å². The minimum atomic E-state index is -0.235. The molecule has 0 saturated carbocycles. The number of aromatic nitrogens is 1. The maximum atomic E-state index is 12.2. The van der Waals surface area contributed by atoms with Crippen LogP contribution in [-0.2, 0) is 0 Å². The largest absolute Gasteiger partial charge is 0.319 e. The molecule has 1 N–H and O–H groups in total. The van der Waals surface area contributed by atoms with Crippen molar-refractivity contribution in [2.24, 2.45) is 5.10 Å². The number of amides is 1. The second kappa shape index (κ2) is 7.49. The molecule has 25 heavy (non-hydrogen) atoms. The first-order valence-electron chi connectivity index (χ1n) is 7.89. The van der Waals surface area contributed by atoms with E-state index in [4.69, 9.17) is 0 Å². The Bertz CT molecular complexity index is 890. The molecule has 0 aliphatic rings. The zero-order valence-corrected chi connectivity index (χ0v) is 15.6. The van der Waals surface area contributed by atoms with Crippen molar-refractivity contribution in [1.29, 1.82) is 0 Å². The van der Waals surface area contributed by atoms with Gasteiger partial charge in [0.2, 0.25) is 0 Å². The van der Waals surface area contributed by atoms with Crippen molar-refractivity contribution < 1.29 is 4.79 Å². The van der Waals surface area contributed by atoms with Gasteiger partial charge >= 0.3 is 0 Å². The van der Waals surface area contributed by atoms with Gasteiger partial charge in [0, 0.05) is 27.1 Å². The van der Waals surface area contributed by atoms with Crippen molar-refractivity contribution in [3.63, 3.8) is 0 Å². The Labute approximate surface area is 155 Å². The minimum absolute atomic E-state index is 0.235. The third-order valence-corrected chi connectivity index (χ3v) is 4.44. The number of benzene rings is 2. The maximum absolute atomic E-state index is 12.2. The number of hydrogen-bond acceptors (Lipinski definition) is 2. The van der Waals surface area contributed by atoms with Gasteiger partial charge in [-0.15, -0.1) is 0 Å². The molecule has 5 heteroatoms. The van der Waals surface area contributed by atoms with Crippen molar-refractivity contribution >= 4 is 28.1 Å². The molecular formula is C20H18BrN3O. The van der Waals surface area contributed by atoms with E-state index < -0.39 is 0 Å². The Morgan fingerprint density at radius 1 is 0.960 bits per heavy atom. The summed E-state index contributed by atoms with van der Waals surface area (Å²) in [6.07, 6.45) is 1.62. The van der Waals surface area contributed by atoms with E-state index in [2.05, 4.69) is 57.0 Å². The van der Waals surface area contributed by atoms with Gasteiger partial charge in [0.15, 0.2) is 0 Å². The molecule has 2 aromatic carbocycles. The van der Waals surface area contributed by atoms with Crippen LogP contribution < -0.4 is 5.43 Å². The molecule has 0 bridgehead atoms. The average Bonchev–Trinajstić information content (AvgIpc) is 2.95. The van der Waals surface area contributed by atoms with Crippen LogP contribution in [0.5, 0.6) is 0 Å². The van der Waals surface area contributed by atoms with Gasteiger partial charge in [-0.3, -0.25) is 4.79 Å². The highest BCUT2D eigenvalue weighted by atomic mass is 79.9. The van der Waals surface area contributed by atoms with E-state index in [1.807, 2.05) is 36.4 Å². The van der Waals surface area contributed by atoms with Crippen molar-refractivity contribution in [1.82, 2.24) is 9.99 Å². The quantitative estimate of drug-likeness (QED) is 0.508. The zero-order valence-electron chi connectivity index (χ0n) is 14.0. The van der Waals surface area contributed by atoms with Crippen LogP contribution in [0, 0.1) is 13.8 Å². The molecule has 0 aliphatic heterocycles. The van der Waals surface area contributed by atoms with Crippen molar-refractivity contribution in [3.05, 3.63) is 87.7 Å². The fraction of sp³-hybridized carbons (Fsp3) is 0.100. The van der Waals surface area contributed by atoms with Crippen molar-refractivity contribution in [2.75, 3.05) is 0 Å². The molecule has 3 aromatic rings. The molecule has 1 aromatic heterocycles. The van der Waals surface area contributed by atoms with E-state index in [1.165, 1.54) is 0 Å². The summed E-state index contributed by atoms with van der Waals surface area (Å²) in [5.74, 6) is -0.235. The zero-order chi connectivity index (χ0) is 17.8. The van der Waals surface area contributed by atoms with Gasteiger partial charge in [-0.05, 0) is 67.9 Å². The summed E-state index contributed by atoms with van der Waals surface area (Å²) in [6.45, 7) is 4.12. The van der Waals surface area contributed by atoms with E-state index >= 15 is 0 Å². The molecule has 0 atom stereocenters. The lowest BCUT2D eigenvalue weighted by Crippen LogP contribution is -2.17. The predicted octanol–water partition coefficient (Wildman–Crippen LogP) is 4.62. The van der Waals surface area contributed by atoms with E-state index in [1.54, 1.807) is 18.3 Å². The number of rotatable bonds is 4. The SMILES string of the molecule is Cc1ccc(C)n1-c1ccc(C(=O)N/N=C/c2ccc(Br)cc2)cc1. The molecule has 1 heterocycles. The molecule has 3 rings (SSSR count). The average molecular weight is 396 g/mol. The number of carbonyl (C=O) groups is 1. The van der Waals surface area contributed by atoms with Gasteiger partial charge < -0.3 is 4.57 Å². The van der Waals surface area contributed by atoms with E-state index in [-0.39, 0.29) is 5.91 Å². The summed E-state index contributed by atoms with van der Waals surface area (Å²) in [4.78, 5) is 12.2. The molecule has 0 saturated heterocycles. The van der Waals surface area contributed by atoms with Crippen LogP contribution in [-0.4, -0.2) is 16.7 Å². The molecule has 0 unspecified atom stereocenters. The second-order valence-corrected chi connectivity index (χ2v) is 6.66. The number of hydrogen-bond donors (Lipinski definition) is 1. The third-order valence-electron chi connectivity index (χ3n) is 3.91. The highest BCUT2D eigenvalue weighted by Gasteiger charge is 2.07. The van der Waals surface area contributed by atoms with E-state index in [0.29, 0.717) is 5.56 Å². The molecule has 0 fully saturated rings. The number of aryl methyl sites for hydroxylation is 2. The van der Waals surface area contributed by atoms with Crippen LogP contribution in [0.2, 0.25) is 0 Å². The monoisotopic (exact) mass is 395 g/mol. The number of halogens is 1. The van der Waals surface area contributed by atoms with E-state index in [9.17, 15) is 4.79 Å². The standard InChI is InChI=1S/C20H18BrN3O/c1-14-3-4-15(2)24(14)19-11-7-17(8-12-19)20(25)23-22-13-16-5-9-18(21)10-6-16/h3-13H,1-2H3,(H,23,25)/b22-13+. The molecular weight excluding hydrogens is 378 g/mol. The molecule has 1 amide bonds. The van der Waals surface area contributed by atoms with Crippen LogP contribution in [0.1, 0.15) is 27.3 Å². The number of nitrogens with zero attached hydrogens (tertiary/aromatic N) is 2. The first-order valence-corrected chi connectivity index (χ1v) is 8.68. The fourth-order valence-electron chi connectivity index (χ4n) is 2.62. The maximum Gasteiger partial charge on any atom is 0.271 e. The van der Waals surface area contributed by atoms with Gasteiger partial charge in [-0.1, -0.05) is 28.1 Å². The lowest BCUT2D eigenvalue weighted by molar-refractivity contribution is 0.0955. The Hall–Kier alpha value is -2.66. The Morgan fingerprint density at radius 3 is 2.16 bits per heavy atom. The molecule has 126 valence electrons. The van der Waals surface area contributed by atoms with Crippen LogP contribution in [0.15, 0.2) is 70.2 Å². The lowest BCUT2D eigenvalue weighted by atomic mass is 10.2. The summed E-state index contributed by atoms with van der Waals surface area (Å²) in [5, 5.41) is 4.00. The van der Waals surface area contributed by atoms with Crippen LogP contribution in [0.4, 0.5) is 0 Å². The Morgan fingerprint density at radius 2 is 1.56 bits per heavy atom. The highest BCUT2D eigenvalue weighted by Crippen LogP contribution is 2.17. The molecule has 0 spiro atoms. The number of hydrazone groups is 1. The van der Waals surface area contributed by atoms with Gasteiger partial charge in [0.05, 0.1) is 6.21 Å². The normalized spacial score (nSPS) is 11.0. The molecule has 4 nitrogen and oxygen atoms in total. The summed E-state index contributed by atoms with van der Waals surface area (Å²) in [7, 11) is 0. The Kier molecular flexibility index (Phi) is 5.14. The minimum Gasteiger partial charge on any atom is -0.319 e. The van der Waals surface area contributed by atoms with Gasteiger partial charge in [0.1, 0.15) is 0 Å². The highest BCUT2D eigenvalue weighted by molar-refractivity contribution is 9.10. The number of nitrogens with one attached hydrogen (secondary N) is 1. The first kappa shape index (κ1) is 17.2. The smallest absolute Gasteiger partial charge is 0.271 e. The molecule has 0 aliphatic carbocycles. The van der Waals surface area contributed by atoms with Gasteiger partial charge in [-0.2, -0.15) is 5.10 Å². The first-order chi connectivity index (χ1) is 12.0. The van der Waals surface area contributed by atoms with Crippen LogP contribution in [0.25, 0.3) is 5.69 Å². The summed E-state index contributed by atoms with van der Waals surface area (Å²) >= 11 is 3.38. The predicted molar refractivity (Wildman–Crippen MR) is 104 cm³/mol. The fourth-order valence-corrected chi connectivity index (χ4v) is 2.88. The third kappa shape index (κ3) is 4.06. The summed E-state index contributed by atoms with van der Waals surface area (Å²) < 4.78 is 3.15. The molecule has 0 radical (unpaired) electrons. The van der Waals surface area contributed by atoms with Crippen LogP contribution in [0.3, 0.4) is 0 Å².